The van der Waals surface area contributed by atoms with E-state index in [4.69, 9.17) is 0 Å². The molecule has 2 aliphatic rings. The predicted octanol–water partition coefficient (Wildman–Crippen LogP) is 3.35. The van der Waals surface area contributed by atoms with Gasteiger partial charge in [-0.1, -0.05) is 36.4 Å². The Morgan fingerprint density at radius 2 is 1.70 bits per heavy atom. The number of nitrogens with one attached hydrogen (secondary N) is 2. The quantitative estimate of drug-likeness (QED) is 0.827. The molecule has 2 aromatic rings. The number of likely N-dealkylation sites (tertiary alicyclic amines) is 1. The number of carbonyl (C=O) groups is 2. The zero-order valence-corrected chi connectivity index (χ0v) is 15.4. The van der Waals surface area contributed by atoms with Crippen LogP contribution in [0.25, 0.3) is 0 Å². The summed E-state index contributed by atoms with van der Waals surface area (Å²) in [6, 6.07) is 17.0. The first-order valence-electron chi connectivity index (χ1n) is 9.72. The highest BCUT2D eigenvalue weighted by atomic mass is 16.2. The van der Waals surface area contributed by atoms with Gasteiger partial charge < -0.3 is 15.5 Å². The number of rotatable bonds is 6. The first-order chi connectivity index (χ1) is 13.2. The minimum Gasteiger partial charge on any atom is -0.370 e. The Labute approximate surface area is 159 Å². The highest BCUT2D eigenvalue weighted by Gasteiger charge is 2.28. The van der Waals surface area contributed by atoms with Gasteiger partial charge in [-0.3, -0.25) is 9.59 Å². The van der Waals surface area contributed by atoms with Crippen LogP contribution in [-0.2, 0) is 4.79 Å². The lowest BCUT2D eigenvalue weighted by atomic mass is 10.0. The molecule has 1 aliphatic carbocycles. The monoisotopic (exact) mass is 363 g/mol. The van der Waals surface area contributed by atoms with Crippen molar-refractivity contribution in [2.45, 2.75) is 37.8 Å². The predicted molar refractivity (Wildman–Crippen MR) is 106 cm³/mol. The van der Waals surface area contributed by atoms with Gasteiger partial charge in [-0.2, -0.15) is 0 Å². The third-order valence-electron chi connectivity index (χ3n) is 5.15. The van der Waals surface area contributed by atoms with Crippen molar-refractivity contribution >= 4 is 17.5 Å². The van der Waals surface area contributed by atoms with Crippen molar-refractivity contribution in [2.24, 2.45) is 0 Å². The molecule has 140 valence electrons. The summed E-state index contributed by atoms with van der Waals surface area (Å²) >= 11 is 0. The van der Waals surface area contributed by atoms with Crippen molar-refractivity contribution in [1.82, 2.24) is 10.2 Å². The second-order valence-electron chi connectivity index (χ2n) is 7.35. The summed E-state index contributed by atoms with van der Waals surface area (Å²) in [6.45, 7) is 1.63. The van der Waals surface area contributed by atoms with E-state index in [2.05, 4.69) is 10.6 Å². The molecular formula is C22H25N3O2. The molecule has 2 amide bonds. The molecule has 1 aliphatic heterocycles. The number of nitrogens with zero attached hydrogens (tertiary/aromatic N) is 1. The number of carbonyl (C=O) groups excluding carboxylic acids is 2. The van der Waals surface area contributed by atoms with Gasteiger partial charge in [0.25, 0.3) is 5.91 Å². The van der Waals surface area contributed by atoms with Gasteiger partial charge >= 0.3 is 0 Å². The van der Waals surface area contributed by atoms with E-state index >= 15 is 0 Å². The third-order valence-corrected chi connectivity index (χ3v) is 5.15. The molecule has 0 spiro atoms. The molecule has 27 heavy (non-hydrogen) atoms. The maximum atomic E-state index is 13.1. The molecule has 4 rings (SSSR count). The van der Waals surface area contributed by atoms with Gasteiger partial charge in [0.1, 0.15) is 6.04 Å². The van der Waals surface area contributed by atoms with E-state index in [0.29, 0.717) is 11.6 Å². The maximum absolute atomic E-state index is 13.1. The van der Waals surface area contributed by atoms with Crippen LogP contribution in [0.1, 0.15) is 47.6 Å². The van der Waals surface area contributed by atoms with Gasteiger partial charge in [-0.15, -0.1) is 0 Å². The summed E-state index contributed by atoms with van der Waals surface area (Å²) in [5.74, 6) is 0.0369. The van der Waals surface area contributed by atoms with Gasteiger partial charge in [-0.25, -0.2) is 0 Å². The van der Waals surface area contributed by atoms with E-state index in [1.165, 1.54) is 0 Å². The van der Waals surface area contributed by atoms with Crippen LogP contribution in [0.15, 0.2) is 54.6 Å². The molecule has 1 atom stereocenters. The van der Waals surface area contributed by atoms with E-state index in [1.54, 1.807) is 0 Å². The molecule has 5 heteroatoms. The lowest BCUT2D eigenvalue weighted by molar-refractivity contribution is -0.131. The average Bonchev–Trinajstić information content (AvgIpc) is 3.35. The zero-order chi connectivity index (χ0) is 18.6. The topological polar surface area (TPSA) is 61.4 Å². The minimum absolute atomic E-state index is 0.0525. The van der Waals surface area contributed by atoms with Gasteiger partial charge in [0.05, 0.1) is 0 Å². The molecular weight excluding hydrogens is 338 g/mol. The zero-order valence-electron chi connectivity index (χ0n) is 15.4. The standard InChI is InChI=1S/C22H25N3O2/c26-21(24-18-11-12-18)17-9-6-10-19(15-17)23-20(16-7-2-1-3-8-16)22(27)25-13-4-5-14-25/h1-3,6-10,15,18,20,23H,4-5,11-14H2,(H,24,26)/t20-/m1/s1. The fraction of sp³-hybridized carbons (Fsp3) is 0.364. The van der Waals surface area contributed by atoms with E-state index in [0.717, 1.165) is 50.0 Å². The Kier molecular flexibility index (Phi) is 5.10. The van der Waals surface area contributed by atoms with Crippen LogP contribution in [0, 0.1) is 0 Å². The van der Waals surface area contributed by atoms with Gasteiger partial charge in [0, 0.05) is 30.4 Å². The molecule has 1 saturated heterocycles. The van der Waals surface area contributed by atoms with Crippen LogP contribution in [0.3, 0.4) is 0 Å². The van der Waals surface area contributed by atoms with E-state index in [9.17, 15) is 9.59 Å². The normalized spacial score (nSPS) is 17.4. The molecule has 2 fully saturated rings. The summed E-state index contributed by atoms with van der Waals surface area (Å²) in [6.07, 6.45) is 4.24. The second kappa shape index (κ2) is 7.82. The van der Waals surface area contributed by atoms with Gasteiger partial charge in [0.15, 0.2) is 0 Å². The molecule has 0 aromatic heterocycles. The van der Waals surface area contributed by atoms with E-state index < -0.39 is 6.04 Å². The van der Waals surface area contributed by atoms with E-state index in [-0.39, 0.29) is 11.8 Å². The smallest absolute Gasteiger partial charge is 0.251 e. The van der Waals surface area contributed by atoms with Crippen LogP contribution in [-0.4, -0.2) is 35.8 Å². The summed E-state index contributed by atoms with van der Waals surface area (Å²) in [5, 5.41) is 6.37. The Bertz CT molecular complexity index is 811. The maximum Gasteiger partial charge on any atom is 0.251 e. The highest BCUT2D eigenvalue weighted by molar-refractivity contribution is 5.95. The Hall–Kier alpha value is -2.82. The molecule has 0 radical (unpaired) electrons. The fourth-order valence-corrected chi connectivity index (χ4v) is 3.47. The van der Waals surface area contributed by atoms with Crippen molar-refractivity contribution in [3.8, 4) is 0 Å². The first kappa shape index (κ1) is 17.6. The van der Waals surface area contributed by atoms with Crippen LogP contribution in [0.2, 0.25) is 0 Å². The van der Waals surface area contributed by atoms with Crippen molar-refractivity contribution < 1.29 is 9.59 Å². The van der Waals surface area contributed by atoms with Crippen LogP contribution < -0.4 is 10.6 Å². The lowest BCUT2D eigenvalue weighted by Crippen LogP contribution is -2.36. The number of hydrogen-bond acceptors (Lipinski definition) is 3. The number of benzene rings is 2. The van der Waals surface area contributed by atoms with Crippen molar-refractivity contribution in [3.05, 3.63) is 65.7 Å². The Morgan fingerprint density at radius 3 is 2.41 bits per heavy atom. The van der Waals surface area contributed by atoms with E-state index in [1.807, 2.05) is 59.5 Å². The number of hydrogen-bond donors (Lipinski definition) is 2. The van der Waals surface area contributed by atoms with Crippen molar-refractivity contribution in [1.29, 1.82) is 0 Å². The molecule has 5 nitrogen and oxygen atoms in total. The van der Waals surface area contributed by atoms with Crippen molar-refractivity contribution in [2.75, 3.05) is 18.4 Å². The Morgan fingerprint density at radius 1 is 0.963 bits per heavy atom. The third kappa shape index (κ3) is 4.30. The SMILES string of the molecule is O=C(NC1CC1)c1cccc(N[C@@H](C(=O)N2CCCC2)c2ccccc2)c1. The van der Waals surface area contributed by atoms with Gasteiger partial charge in [-0.05, 0) is 49.4 Å². The second-order valence-corrected chi connectivity index (χ2v) is 7.35. The number of anilines is 1. The molecule has 2 aromatic carbocycles. The molecule has 0 bridgehead atoms. The number of amides is 2. The molecule has 1 saturated carbocycles. The first-order valence-corrected chi connectivity index (χ1v) is 9.72. The van der Waals surface area contributed by atoms with Crippen LogP contribution in [0.4, 0.5) is 5.69 Å². The molecule has 1 heterocycles. The summed E-state index contributed by atoms with van der Waals surface area (Å²) in [5.41, 5.74) is 2.33. The van der Waals surface area contributed by atoms with Gasteiger partial charge in [0.2, 0.25) is 5.91 Å². The largest absolute Gasteiger partial charge is 0.370 e. The highest BCUT2D eigenvalue weighted by Crippen LogP contribution is 2.25. The molecule has 0 unspecified atom stereocenters. The minimum atomic E-state index is -0.453. The Balaban J connectivity index is 1.55. The molecule has 2 N–H and O–H groups in total. The van der Waals surface area contributed by atoms with Crippen molar-refractivity contribution in [3.63, 3.8) is 0 Å². The summed E-state index contributed by atoms with van der Waals surface area (Å²) < 4.78 is 0. The average molecular weight is 363 g/mol. The van der Waals surface area contributed by atoms with Crippen LogP contribution in [0.5, 0.6) is 0 Å². The summed E-state index contributed by atoms with van der Waals surface area (Å²) in [7, 11) is 0. The lowest BCUT2D eigenvalue weighted by Gasteiger charge is -2.25. The fourth-order valence-electron chi connectivity index (χ4n) is 3.47. The van der Waals surface area contributed by atoms with Crippen LogP contribution >= 0.6 is 0 Å². The summed E-state index contributed by atoms with van der Waals surface area (Å²) in [4.78, 5) is 27.4.